The van der Waals surface area contributed by atoms with E-state index in [1.807, 2.05) is 12.1 Å². The van der Waals surface area contributed by atoms with E-state index in [2.05, 4.69) is 30.8 Å². The van der Waals surface area contributed by atoms with Crippen molar-refractivity contribution in [1.29, 1.82) is 0 Å². The Morgan fingerprint density at radius 3 is 2.60 bits per heavy atom. The molecular weight excluding hydrogens is 410 g/mol. The molecule has 2 aromatic carbocycles. The lowest BCUT2D eigenvalue weighted by molar-refractivity contribution is 0.375. The highest BCUT2D eigenvalue weighted by Gasteiger charge is 2.17. The van der Waals surface area contributed by atoms with Crippen LogP contribution in [0, 0.1) is 0 Å². The SMILES string of the molecule is COc1ccccc1-c1noc(CNS(=O)(=O)c2ccc(Br)cc2)n1. The maximum atomic E-state index is 12.3. The third-order valence-corrected chi connectivity index (χ3v) is 5.30. The number of para-hydroxylation sites is 1. The van der Waals surface area contributed by atoms with Gasteiger partial charge in [0.1, 0.15) is 5.75 Å². The minimum atomic E-state index is -3.67. The van der Waals surface area contributed by atoms with E-state index in [9.17, 15) is 8.42 Å². The Balaban J connectivity index is 1.75. The summed E-state index contributed by atoms with van der Waals surface area (Å²) >= 11 is 3.27. The van der Waals surface area contributed by atoms with Crippen molar-refractivity contribution < 1.29 is 17.7 Å². The first-order valence-corrected chi connectivity index (χ1v) is 9.48. The zero-order valence-corrected chi connectivity index (χ0v) is 15.5. The number of benzene rings is 2. The molecule has 25 heavy (non-hydrogen) atoms. The molecule has 3 rings (SSSR count). The molecule has 0 amide bonds. The topological polar surface area (TPSA) is 94.3 Å². The number of methoxy groups -OCH3 is 1. The Labute approximate surface area is 153 Å². The molecule has 0 unspecified atom stereocenters. The molecule has 0 fully saturated rings. The van der Waals surface area contributed by atoms with Gasteiger partial charge in [0.25, 0.3) is 0 Å². The lowest BCUT2D eigenvalue weighted by Crippen LogP contribution is -2.23. The first-order valence-electron chi connectivity index (χ1n) is 7.21. The number of rotatable bonds is 6. The molecule has 0 atom stereocenters. The van der Waals surface area contributed by atoms with Crippen LogP contribution in [0.25, 0.3) is 11.4 Å². The van der Waals surface area contributed by atoms with Crippen molar-refractivity contribution in [2.45, 2.75) is 11.4 Å². The zero-order chi connectivity index (χ0) is 17.9. The van der Waals surface area contributed by atoms with Crippen molar-refractivity contribution >= 4 is 26.0 Å². The minimum Gasteiger partial charge on any atom is -0.496 e. The number of ether oxygens (including phenoxy) is 1. The number of hydrogen-bond acceptors (Lipinski definition) is 6. The van der Waals surface area contributed by atoms with Gasteiger partial charge in [0.2, 0.25) is 21.7 Å². The van der Waals surface area contributed by atoms with E-state index < -0.39 is 10.0 Å². The normalized spacial score (nSPS) is 11.4. The van der Waals surface area contributed by atoms with Gasteiger partial charge in [0, 0.05) is 4.47 Å². The summed E-state index contributed by atoms with van der Waals surface area (Å²) < 4.78 is 38.1. The molecule has 1 aromatic heterocycles. The Morgan fingerprint density at radius 1 is 1.16 bits per heavy atom. The average Bonchev–Trinajstić information content (AvgIpc) is 3.09. The molecular formula is C16H14BrN3O4S. The van der Waals surface area contributed by atoms with Crippen molar-refractivity contribution in [3.8, 4) is 17.1 Å². The molecule has 0 saturated heterocycles. The smallest absolute Gasteiger partial charge is 0.242 e. The van der Waals surface area contributed by atoms with E-state index in [1.165, 1.54) is 12.1 Å². The summed E-state index contributed by atoms with van der Waals surface area (Å²) in [6.45, 7) is -0.111. The van der Waals surface area contributed by atoms with Gasteiger partial charge in [-0.25, -0.2) is 13.1 Å². The number of hydrogen-bond donors (Lipinski definition) is 1. The number of sulfonamides is 1. The zero-order valence-electron chi connectivity index (χ0n) is 13.1. The summed E-state index contributed by atoms with van der Waals surface area (Å²) in [5.74, 6) is 1.09. The number of nitrogens with one attached hydrogen (secondary N) is 1. The Kier molecular flexibility index (Phi) is 5.16. The first-order chi connectivity index (χ1) is 12.0. The van der Waals surface area contributed by atoms with Crippen LogP contribution in [-0.2, 0) is 16.6 Å². The van der Waals surface area contributed by atoms with Crippen molar-refractivity contribution in [3.63, 3.8) is 0 Å². The summed E-state index contributed by atoms with van der Waals surface area (Å²) in [4.78, 5) is 4.36. The molecule has 0 aliphatic heterocycles. The molecule has 0 aliphatic rings. The van der Waals surface area contributed by atoms with Gasteiger partial charge in [-0.05, 0) is 36.4 Å². The maximum absolute atomic E-state index is 12.3. The van der Waals surface area contributed by atoms with Crippen LogP contribution in [0.15, 0.2) is 62.4 Å². The molecule has 0 bridgehead atoms. The summed E-state index contributed by atoms with van der Waals surface area (Å²) in [7, 11) is -2.12. The summed E-state index contributed by atoms with van der Waals surface area (Å²) in [6.07, 6.45) is 0. The number of nitrogens with zero attached hydrogens (tertiary/aromatic N) is 2. The molecule has 9 heteroatoms. The fraction of sp³-hybridized carbons (Fsp3) is 0.125. The van der Waals surface area contributed by atoms with Crippen molar-refractivity contribution in [2.75, 3.05) is 7.11 Å². The van der Waals surface area contributed by atoms with Gasteiger partial charge < -0.3 is 9.26 Å². The van der Waals surface area contributed by atoms with E-state index in [0.29, 0.717) is 17.1 Å². The van der Waals surface area contributed by atoms with Gasteiger partial charge >= 0.3 is 0 Å². The maximum Gasteiger partial charge on any atom is 0.242 e. The van der Waals surface area contributed by atoms with Crippen molar-refractivity contribution in [3.05, 3.63) is 58.9 Å². The van der Waals surface area contributed by atoms with Gasteiger partial charge in [0.15, 0.2) is 0 Å². The summed E-state index contributed by atoms with van der Waals surface area (Å²) in [6, 6.07) is 13.5. The predicted molar refractivity (Wildman–Crippen MR) is 94.5 cm³/mol. The molecule has 7 nitrogen and oxygen atoms in total. The van der Waals surface area contributed by atoms with Crippen LogP contribution in [0.4, 0.5) is 0 Å². The molecule has 130 valence electrons. The Morgan fingerprint density at radius 2 is 1.88 bits per heavy atom. The van der Waals surface area contributed by atoms with Gasteiger partial charge in [-0.15, -0.1) is 0 Å². The highest BCUT2D eigenvalue weighted by molar-refractivity contribution is 9.10. The second kappa shape index (κ2) is 7.34. The van der Waals surface area contributed by atoms with Gasteiger partial charge in [-0.1, -0.05) is 33.2 Å². The predicted octanol–water partition coefficient (Wildman–Crippen LogP) is 2.99. The van der Waals surface area contributed by atoms with Gasteiger partial charge in [-0.2, -0.15) is 4.98 Å². The van der Waals surface area contributed by atoms with Crippen molar-refractivity contribution in [1.82, 2.24) is 14.9 Å². The van der Waals surface area contributed by atoms with Crippen LogP contribution < -0.4 is 9.46 Å². The third kappa shape index (κ3) is 4.06. The standard InChI is InChI=1S/C16H14BrN3O4S/c1-23-14-5-3-2-4-13(14)16-19-15(24-20-16)10-18-25(21,22)12-8-6-11(17)7-9-12/h2-9,18H,10H2,1H3. The average molecular weight is 424 g/mol. The Bertz CT molecular complexity index is 971. The third-order valence-electron chi connectivity index (χ3n) is 3.35. The van der Waals surface area contributed by atoms with E-state index in [4.69, 9.17) is 9.26 Å². The second-order valence-electron chi connectivity index (χ2n) is 4.99. The number of halogens is 1. The van der Waals surface area contributed by atoms with E-state index in [0.717, 1.165) is 4.47 Å². The molecule has 3 aromatic rings. The van der Waals surface area contributed by atoms with Crippen LogP contribution in [0.2, 0.25) is 0 Å². The van der Waals surface area contributed by atoms with Gasteiger partial charge in [-0.3, -0.25) is 0 Å². The van der Waals surface area contributed by atoms with Crippen LogP contribution >= 0.6 is 15.9 Å². The van der Waals surface area contributed by atoms with Crippen LogP contribution in [-0.4, -0.2) is 25.7 Å². The largest absolute Gasteiger partial charge is 0.496 e. The molecule has 0 aliphatic carbocycles. The van der Waals surface area contributed by atoms with Crippen LogP contribution in [0.1, 0.15) is 5.89 Å². The monoisotopic (exact) mass is 423 g/mol. The fourth-order valence-electron chi connectivity index (χ4n) is 2.12. The highest BCUT2D eigenvalue weighted by atomic mass is 79.9. The molecule has 1 N–H and O–H groups in total. The molecule has 0 radical (unpaired) electrons. The van der Waals surface area contributed by atoms with E-state index in [-0.39, 0.29) is 17.3 Å². The molecule has 0 spiro atoms. The van der Waals surface area contributed by atoms with Crippen LogP contribution in [0.3, 0.4) is 0 Å². The van der Waals surface area contributed by atoms with Crippen LogP contribution in [0.5, 0.6) is 5.75 Å². The lowest BCUT2D eigenvalue weighted by atomic mass is 10.2. The Hall–Kier alpha value is -2.23. The second-order valence-corrected chi connectivity index (χ2v) is 7.67. The van der Waals surface area contributed by atoms with Crippen molar-refractivity contribution in [2.24, 2.45) is 0 Å². The summed E-state index contributed by atoms with van der Waals surface area (Å²) in [5.41, 5.74) is 0.663. The molecule has 1 heterocycles. The first kappa shape index (κ1) is 17.6. The highest BCUT2D eigenvalue weighted by Crippen LogP contribution is 2.27. The lowest BCUT2D eigenvalue weighted by Gasteiger charge is -2.04. The number of aromatic nitrogens is 2. The minimum absolute atomic E-state index is 0.111. The van der Waals surface area contributed by atoms with E-state index in [1.54, 1.807) is 31.4 Å². The van der Waals surface area contributed by atoms with E-state index >= 15 is 0 Å². The fourth-order valence-corrected chi connectivity index (χ4v) is 3.36. The summed E-state index contributed by atoms with van der Waals surface area (Å²) in [5, 5.41) is 3.87. The van der Waals surface area contributed by atoms with Gasteiger partial charge in [0.05, 0.1) is 24.1 Å². The quantitative estimate of drug-likeness (QED) is 0.654. The molecule has 0 saturated carbocycles.